The molecule has 0 saturated carbocycles. The van der Waals surface area contributed by atoms with Crippen LogP contribution >= 0.6 is 0 Å². The van der Waals surface area contributed by atoms with Crippen LogP contribution in [0.4, 0.5) is 8.68 Å². The Morgan fingerprint density at radius 3 is 2.41 bits per heavy atom. The number of hydrogen-bond donors (Lipinski definition) is 1. The highest BCUT2D eigenvalue weighted by Crippen LogP contribution is 2.08. The van der Waals surface area contributed by atoms with Crippen LogP contribution in [0.3, 0.4) is 0 Å². The van der Waals surface area contributed by atoms with Gasteiger partial charge >= 0.3 is 16.3 Å². The Morgan fingerprint density at radius 1 is 1.53 bits per heavy atom. The number of halogens is 1. The van der Waals surface area contributed by atoms with E-state index in [9.17, 15) is 17.1 Å². The molecule has 0 aromatic carbocycles. The van der Waals surface area contributed by atoms with Crippen molar-refractivity contribution < 1.29 is 21.8 Å². The summed E-state index contributed by atoms with van der Waals surface area (Å²) < 4.78 is 38.4. The lowest BCUT2D eigenvalue weighted by atomic mass is 10.2. The molecule has 1 atom stereocenters. The van der Waals surface area contributed by atoms with E-state index < -0.39 is 33.7 Å². The summed E-state index contributed by atoms with van der Waals surface area (Å²) in [6.45, 7) is 8.41. The van der Waals surface area contributed by atoms with Crippen molar-refractivity contribution in [3.8, 4) is 0 Å². The van der Waals surface area contributed by atoms with Crippen molar-refractivity contribution in [3.63, 3.8) is 0 Å². The Bertz CT molecular complexity index is 372. The van der Waals surface area contributed by atoms with E-state index in [-0.39, 0.29) is 6.42 Å². The number of rotatable bonds is 5. The van der Waals surface area contributed by atoms with Gasteiger partial charge in [-0.05, 0) is 27.2 Å². The van der Waals surface area contributed by atoms with Gasteiger partial charge < -0.3 is 10.1 Å². The van der Waals surface area contributed by atoms with Gasteiger partial charge in [-0.25, -0.2) is 4.79 Å². The molecule has 1 unspecified atom stereocenters. The second-order valence-electron chi connectivity index (χ2n) is 4.57. The molecule has 0 rings (SSSR count). The van der Waals surface area contributed by atoms with Gasteiger partial charge in [-0.3, -0.25) is 0 Å². The van der Waals surface area contributed by atoms with Crippen LogP contribution in [0.2, 0.25) is 0 Å². The van der Waals surface area contributed by atoms with E-state index in [1.807, 2.05) is 0 Å². The van der Waals surface area contributed by atoms with Crippen molar-refractivity contribution in [1.82, 2.24) is 5.32 Å². The second kappa shape index (κ2) is 6.00. The molecule has 0 aromatic rings. The summed E-state index contributed by atoms with van der Waals surface area (Å²) in [6.07, 6.45) is 0.753. The fourth-order valence-corrected chi connectivity index (χ4v) is 1.78. The zero-order valence-corrected chi connectivity index (χ0v) is 11.0. The third kappa shape index (κ3) is 9.80. The molecule has 0 aliphatic heterocycles. The predicted octanol–water partition coefficient (Wildman–Crippen LogP) is 1.76. The molecule has 5 nitrogen and oxygen atoms in total. The number of nitrogens with one attached hydrogen (secondary N) is 1. The van der Waals surface area contributed by atoms with Crippen molar-refractivity contribution in [2.75, 3.05) is 5.75 Å². The molecule has 100 valence electrons. The Labute approximate surface area is 101 Å². The molecule has 0 aromatic heterocycles. The van der Waals surface area contributed by atoms with Gasteiger partial charge in [-0.2, -0.15) is 8.42 Å². The van der Waals surface area contributed by atoms with Crippen molar-refractivity contribution in [2.45, 2.75) is 38.8 Å². The quantitative estimate of drug-likeness (QED) is 0.608. The highest BCUT2D eigenvalue weighted by Gasteiger charge is 2.22. The van der Waals surface area contributed by atoms with Crippen LogP contribution in [-0.4, -0.2) is 31.9 Å². The molecular formula is C10H18FNO4S. The maximum atomic E-state index is 12.5. The summed E-state index contributed by atoms with van der Waals surface area (Å²) in [5.41, 5.74) is -0.697. The van der Waals surface area contributed by atoms with Gasteiger partial charge in [0.2, 0.25) is 0 Å². The van der Waals surface area contributed by atoms with Crippen LogP contribution in [0.1, 0.15) is 27.2 Å². The van der Waals surface area contributed by atoms with E-state index >= 15 is 0 Å². The predicted molar refractivity (Wildman–Crippen MR) is 62.9 cm³/mol. The summed E-state index contributed by atoms with van der Waals surface area (Å²) in [4.78, 5) is 11.3. The first-order valence-corrected chi connectivity index (χ1v) is 6.61. The van der Waals surface area contributed by atoms with Crippen molar-refractivity contribution in [2.24, 2.45) is 0 Å². The van der Waals surface area contributed by atoms with Crippen LogP contribution in [0.15, 0.2) is 12.7 Å². The summed E-state index contributed by atoms with van der Waals surface area (Å²) in [6, 6.07) is -0.877. The minimum absolute atomic E-state index is 0.141. The van der Waals surface area contributed by atoms with Gasteiger partial charge in [0, 0.05) is 0 Å². The van der Waals surface area contributed by atoms with Gasteiger partial charge in [0.25, 0.3) is 0 Å². The minimum atomic E-state index is -4.65. The Balaban J connectivity index is 4.45. The SMILES string of the molecule is C=CCC(CS(=O)(=O)F)NC(=O)OC(C)(C)C. The van der Waals surface area contributed by atoms with Gasteiger partial charge in [-0.15, -0.1) is 10.5 Å². The summed E-state index contributed by atoms with van der Waals surface area (Å²) in [5, 5.41) is 2.28. The number of alkyl carbamates (subject to hydrolysis) is 1. The van der Waals surface area contributed by atoms with Gasteiger partial charge in [-0.1, -0.05) is 6.08 Å². The Kier molecular flexibility index (Phi) is 5.60. The van der Waals surface area contributed by atoms with E-state index in [2.05, 4.69) is 11.9 Å². The van der Waals surface area contributed by atoms with Crippen molar-refractivity contribution >= 4 is 16.3 Å². The third-order valence-electron chi connectivity index (χ3n) is 1.57. The molecule has 0 fully saturated rings. The highest BCUT2D eigenvalue weighted by molar-refractivity contribution is 7.86. The van der Waals surface area contributed by atoms with Crippen LogP contribution in [0, 0.1) is 0 Å². The number of carbonyl (C=O) groups is 1. The molecule has 0 bridgehead atoms. The second-order valence-corrected chi connectivity index (χ2v) is 5.98. The van der Waals surface area contributed by atoms with Crippen LogP contribution in [0.5, 0.6) is 0 Å². The van der Waals surface area contributed by atoms with E-state index in [1.165, 1.54) is 6.08 Å². The molecule has 0 aliphatic carbocycles. The Morgan fingerprint density at radius 2 is 2.06 bits per heavy atom. The monoisotopic (exact) mass is 267 g/mol. The summed E-state index contributed by atoms with van der Waals surface area (Å²) in [5.74, 6) is -0.793. The zero-order valence-electron chi connectivity index (χ0n) is 10.2. The number of carbonyl (C=O) groups excluding carboxylic acids is 1. The molecule has 0 spiro atoms. The maximum Gasteiger partial charge on any atom is 0.407 e. The number of hydrogen-bond acceptors (Lipinski definition) is 4. The smallest absolute Gasteiger partial charge is 0.407 e. The molecular weight excluding hydrogens is 249 g/mol. The zero-order chi connectivity index (χ0) is 13.7. The van der Waals surface area contributed by atoms with E-state index in [0.717, 1.165) is 0 Å². The highest BCUT2D eigenvalue weighted by atomic mass is 32.3. The molecule has 7 heteroatoms. The fraction of sp³-hybridized carbons (Fsp3) is 0.700. The fourth-order valence-electron chi connectivity index (χ4n) is 1.08. The van der Waals surface area contributed by atoms with Gasteiger partial charge in [0.15, 0.2) is 0 Å². The van der Waals surface area contributed by atoms with Crippen LogP contribution < -0.4 is 5.32 Å². The van der Waals surface area contributed by atoms with Gasteiger partial charge in [0.05, 0.1) is 6.04 Å². The van der Waals surface area contributed by atoms with E-state index in [0.29, 0.717) is 0 Å². The minimum Gasteiger partial charge on any atom is -0.444 e. The topological polar surface area (TPSA) is 72.5 Å². The van der Waals surface area contributed by atoms with Gasteiger partial charge in [0.1, 0.15) is 11.4 Å². The first kappa shape index (κ1) is 15.9. The summed E-state index contributed by atoms with van der Waals surface area (Å²) >= 11 is 0. The largest absolute Gasteiger partial charge is 0.444 e. The number of amides is 1. The molecule has 17 heavy (non-hydrogen) atoms. The number of ether oxygens (including phenoxy) is 1. The molecule has 0 heterocycles. The van der Waals surface area contributed by atoms with Crippen LogP contribution in [0.25, 0.3) is 0 Å². The lowest BCUT2D eigenvalue weighted by Crippen LogP contribution is -2.41. The van der Waals surface area contributed by atoms with Crippen LogP contribution in [-0.2, 0) is 15.0 Å². The normalized spacial score (nSPS) is 13.9. The third-order valence-corrected chi connectivity index (χ3v) is 2.37. The molecule has 0 radical (unpaired) electrons. The molecule has 0 aliphatic rings. The van der Waals surface area contributed by atoms with E-state index in [1.54, 1.807) is 20.8 Å². The van der Waals surface area contributed by atoms with Crippen molar-refractivity contribution in [1.29, 1.82) is 0 Å². The average Bonchev–Trinajstić information content (AvgIpc) is 1.95. The molecule has 1 N–H and O–H groups in total. The average molecular weight is 267 g/mol. The standard InChI is InChI=1S/C10H18FNO4S/c1-5-6-8(7-17(11,14)15)12-9(13)16-10(2,3)4/h5,8H,1,6-7H2,2-4H3,(H,12,13). The first-order valence-electron chi connectivity index (χ1n) is 5.06. The lowest BCUT2D eigenvalue weighted by Gasteiger charge is -2.22. The van der Waals surface area contributed by atoms with E-state index in [4.69, 9.17) is 4.74 Å². The van der Waals surface area contributed by atoms with Crippen molar-refractivity contribution in [3.05, 3.63) is 12.7 Å². The lowest BCUT2D eigenvalue weighted by molar-refractivity contribution is 0.0510. The molecule has 0 saturated heterocycles. The Hall–Kier alpha value is -1.11. The first-order chi connectivity index (χ1) is 7.53. The molecule has 1 amide bonds. The summed E-state index contributed by atoms with van der Waals surface area (Å²) in [7, 11) is -4.65. The maximum absolute atomic E-state index is 12.5.